The molecule has 0 atom stereocenters. The van der Waals surface area contributed by atoms with E-state index in [1.165, 1.54) is 12.1 Å². The number of nitrogens with one attached hydrogen (secondary N) is 1. The van der Waals surface area contributed by atoms with Crippen LogP contribution < -0.4 is 11.1 Å². The van der Waals surface area contributed by atoms with Crippen molar-refractivity contribution in [2.45, 2.75) is 31.7 Å². The first-order valence-corrected chi connectivity index (χ1v) is 6.87. The molecule has 1 amide bonds. The van der Waals surface area contributed by atoms with Crippen molar-refractivity contribution in [2.75, 3.05) is 5.32 Å². The summed E-state index contributed by atoms with van der Waals surface area (Å²) in [6.07, 6.45) is 3.37. The number of nitrogens with two attached hydrogens (primary N) is 1. The van der Waals surface area contributed by atoms with E-state index < -0.39 is 0 Å². The van der Waals surface area contributed by atoms with Crippen LogP contribution in [-0.4, -0.2) is 11.9 Å². The third kappa shape index (κ3) is 3.29. The Labute approximate surface area is 114 Å². The highest BCUT2D eigenvalue weighted by atomic mass is 79.9. The van der Waals surface area contributed by atoms with Crippen LogP contribution in [0.3, 0.4) is 0 Å². The Morgan fingerprint density at radius 1 is 1.33 bits per heavy atom. The first-order valence-electron chi connectivity index (χ1n) is 6.08. The Morgan fingerprint density at radius 3 is 2.67 bits per heavy atom. The molecule has 1 fully saturated rings. The second-order valence-electron chi connectivity index (χ2n) is 4.73. The quantitative estimate of drug-likeness (QED) is 0.881. The molecule has 0 bridgehead atoms. The second kappa shape index (κ2) is 5.80. The summed E-state index contributed by atoms with van der Waals surface area (Å²) in [4.78, 5) is 12.0. The summed E-state index contributed by atoms with van der Waals surface area (Å²) in [5.74, 6) is -0.424. The van der Waals surface area contributed by atoms with Crippen molar-refractivity contribution in [1.82, 2.24) is 0 Å². The lowest BCUT2D eigenvalue weighted by Gasteiger charge is -2.25. The average molecular weight is 315 g/mol. The number of anilines is 1. The van der Waals surface area contributed by atoms with Crippen LogP contribution in [0.5, 0.6) is 0 Å². The summed E-state index contributed by atoms with van der Waals surface area (Å²) < 4.78 is 13.8. The number of hydrogen-bond donors (Lipinski definition) is 2. The van der Waals surface area contributed by atoms with Crippen LogP contribution in [-0.2, 0) is 4.79 Å². The molecule has 3 nitrogen and oxygen atoms in total. The number of carbonyl (C=O) groups is 1. The molecule has 0 spiro atoms. The second-order valence-corrected chi connectivity index (χ2v) is 5.58. The zero-order valence-electron chi connectivity index (χ0n) is 9.96. The smallest absolute Gasteiger partial charge is 0.227 e. The third-order valence-electron chi connectivity index (χ3n) is 3.33. The lowest BCUT2D eigenvalue weighted by molar-refractivity contribution is -0.120. The van der Waals surface area contributed by atoms with Crippen LogP contribution in [0.25, 0.3) is 0 Å². The monoisotopic (exact) mass is 314 g/mol. The van der Waals surface area contributed by atoms with Gasteiger partial charge < -0.3 is 11.1 Å². The topological polar surface area (TPSA) is 55.1 Å². The number of hydrogen-bond acceptors (Lipinski definition) is 2. The number of halogens is 2. The Hall–Kier alpha value is -0.940. The molecule has 1 aliphatic carbocycles. The van der Waals surface area contributed by atoms with Gasteiger partial charge in [-0.2, -0.15) is 0 Å². The van der Waals surface area contributed by atoms with Gasteiger partial charge in [-0.15, -0.1) is 0 Å². The molecule has 0 radical (unpaired) electrons. The van der Waals surface area contributed by atoms with Gasteiger partial charge in [-0.3, -0.25) is 4.79 Å². The fourth-order valence-corrected chi connectivity index (χ4v) is 2.56. The van der Waals surface area contributed by atoms with E-state index in [0.29, 0.717) is 10.2 Å². The van der Waals surface area contributed by atoms with Gasteiger partial charge in [0.1, 0.15) is 5.82 Å². The zero-order valence-corrected chi connectivity index (χ0v) is 11.5. The molecule has 3 N–H and O–H groups in total. The van der Waals surface area contributed by atoms with E-state index in [0.717, 1.165) is 25.7 Å². The van der Waals surface area contributed by atoms with Crippen molar-refractivity contribution in [3.05, 3.63) is 28.5 Å². The standard InChI is InChI=1S/C13H16BrFN2O/c14-11-6-3-9(15)7-12(11)17-13(18)8-1-4-10(16)5-2-8/h3,6-8,10H,1-2,4-5,16H2,(H,17,18). The maximum Gasteiger partial charge on any atom is 0.227 e. The van der Waals surface area contributed by atoms with Crippen LogP contribution in [0.2, 0.25) is 0 Å². The molecule has 1 aromatic rings. The molecule has 18 heavy (non-hydrogen) atoms. The van der Waals surface area contributed by atoms with E-state index in [1.54, 1.807) is 6.07 Å². The summed E-state index contributed by atoms with van der Waals surface area (Å²) >= 11 is 3.29. The van der Waals surface area contributed by atoms with Crippen LogP contribution in [0.4, 0.5) is 10.1 Å². The summed E-state index contributed by atoms with van der Waals surface area (Å²) in [5, 5.41) is 2.77. The Kier molecular flexibility index (Phi) is 4.35. The van der Waals surface area contributed by atoms with Crippen molar-refractivity contribution in [3.8, 4) is 0 Å². The van der Waals surface area contributed by atoms with Crippen molar-refractivity contribution >= 4 is 27.5 Å². The molecular formula is C13H16BrFN2O. The highest BCUT2D eigenvalue weighted by molar-refractivity contribution is 9.10. The fourth-order valence-electron chi connectivity index (χ4n) is 2.21. The zero-order chi connectivity index (χ0) is 13.1. The molecule has 2 rings (SSSR count). The van der Waals surface area contributed by atoms with E-state index in [1.807, 2.05) is 0 Å². The van der Waals surface area contributed by atoms with Crippen LogP contribution in [0.1, 0.15) is 25.7 Å². The predicted molar refractivity (Wildman–Crippen MR) is 72.7 cm³/mol. The first kappa shape index (κ1) is 13.5. The third-order valence-corrected chi connectivity index (χ3v) is 4.02. The molecule has 98 valence electrons. The van der Waals surface area contributed by atoms with E-state index in [9.17, 15) is 9.18 Å². The molecule has 1 aliphatic rings. The molecule has 0 saturated heterocycles. The minimum atomic E-state index is -0.362. The van der Waals surface area contributed by atoms with E-state index in [4.69, 9.17) is 5.73 Å². The highest BCUT2D eigenvalue weighted by Gasteiger charge is 2.24. The largest absolute Gasteiger partial charge is 0.328 e. The lowest BCUT2D eigenvalue weighted by atomic mass is 9.86. The van der Waals surface area contributed by atoms with Gasteiger partial charge in [0.15, 0.2) is 0 Å². The van der Waals surface area contributed by atoms with Crippen LogP contribution in [0, 0.1) is 11.7 Å². The van der Waals surface area contributed by atoms with Gasteiger partial charge in [-0.25, -0.2) is 4.39 Å². The summed E-state index contributed by atoms with van der Waals surface area (Å²) in [6, 6.07) is 4.47. The van der Waals surface area contributed by atoms with Crippen LogP contribution in [0.15, 0.2) is 22.7 Å². The maximum atomic E-state index is 13.1. The molecule has 0 unspecified atom stereocenters. The van der Waals surface area contributed by atoms with E-state index in [2.05, 4.69) is 21.2 Å². The van der Waals surface area contributed by atoms with Gasteiger partial charge >= 0.3 is 0 Å². The molecule has 0 aliphatic heterocycles. The van der Waals surface area contributed by atoms with Crippen molar-refractivity contribution < 1.29 is 9.18 Å². The highest BCUT2D eigenvalue weighted by Crippen LogP contribution is 2.27. The normalized spacial score (nSPS) is 23.7. The maximum absolute atomic E-state index is 13.1. The molecular weight excluding hydrogens is 299 g/mol. The fraction of sp³-hybridized carbons (Fsp3) is 0.462. The summed E-state index contributed by atoms with van der Waals surface area (Å²) in [7, 11) is 0. The Bertz CT molecular complexity index is 445. The first-order chi connectivity index (χ1) is 8.56. The summed E-state index contributed by atoms with van der Waals surface area (Å²) in [6.45, 7) is 0. The molecule has 0 aromatic heterocycles. The molecule has 5 heteroatoms. The van der Waals surface area contributed by atoms with Gasteiger partial charge in [-0.1, -0.05) is 0 Å². The minimum absolute atomic E-state index is 0.0139. The Balaban J connectivity index is 2.00. The predicted octanol–water partition coefficient (Wildman–Crippen LogP) is 3.04. The summed E-state index contributed by atoms with van der Waals surface area (Å²) in [5.41, 5.74) is 6.29. The molecule has 1 aromatic carbocycles. The van der Waals surface area contributed by atoms with Crippen molar-refractivity contribution in [2.24, 2.45) is 11.7 Å². The number of rotatable bonds is 2. The van der Waals surface area contributed by atoms with Gasteiger partial charge in [0, 0.05) is 16.4 Å². The number of carbonyl (C=O) groups excluding carboxylic acids is 1. The lowest BCUT2D eigenvalue weighted by Crippen LogP contribution is -2.32. The van der Waals surface area contributed by atoms with Crippen molar-refractivity contribution in [1.29, 1.82) is 0 Å². The van der Waals surface area contributed by atoms with Gasteiger partial charge in [0.2, 0.25) is 5.91 Å². The van der Waals surface area contributed by atoms with Gasteiger partial charge in [0.05, 0.1) is 5.69 Å². The number of benzene rings is 1. The SMILES string of the molecule is NC1CCC(C(=O)Nc2cc(F)ccc2Br)CC1. The molecule has 0 heterocycles. The minimum Gasteiger partial charge on any atom is -0.328 e. The van der Waals surface area contributed by atoms with Crippen molar-refractivity contribution in [3.63, 3.8) is 0 Å². The van der Waals surface area contributed by atoms with Crippen LogP contribution >= 0.6 is 15.9 Å². The Morgan fingerprint density at radius 2 is 2.00 bits per heavy atom. The average Bonchev–Trinajstić information content (AvgIpc) is 2.34. The van der Waals surface area contributed by atoms with Gasteiger partial charge in [-0.05, 0) is 59.8 Å². The molecule has 1 saturated carbocycles. The van der Waals surface area contributed by atoms with E-state index >= 15 is 0 Å². The van der Waals surface area contributed by atoms with Gasteiger partial charge in [0.25, 0.3) is 0 Å². The van der Waals surface area contributed by atoms with E-state index in [-0.39, 0.29) is 23.7 Å². The number of amides is 1.